The van der Waals surface area contributed by atoms with E-state index in [0.717, 1.165) is 16.5 Å². The van der Waals surface area contributed by atoms with Gasteiger partial charge >= 0.3 is 12.1 Å². The van der Waals surface area contributed by atoms with Gasteiger partial charge < -0.3 is 4.90 Å². The molecule has 2 aliphatic heterocycles. The molecule has 0 atom stereocenters. The SMILES string of the molecule is CC[N+]1=C(SC)S/C(=C2/Sc3cc(C(F)(F)F)ccc3N2C)C1=O. The van der Waals surface area contributed by atoms with Crippen LogP contribution in [0.4, 0.5) is 18.9 Å². The van der Waals surface area contributed by atoms with Crippen LogP contribution in [-0.4, -0.2) is 34.7 Å². The molecule has 0 saturated heterocycles. The number of carbonyl (C=O) groups excluding carboxylic acids is 1. The van der Waals surface area contributed by atoms with Crippen LogP contribution in [0.25, 0.3) is 0 Å². The van der Waals surface area contributed by atoms with Crippen molar-refractivity contribution in [1.29, 1.82) is 0 Å². The first kappa shape index (κ1) is 17.8. The van der Waals surface area contributed by atoms with E-state index < -0.39 is 11.7 Å². The number of anilines is 1. The van der Waals surface area contributed by atoms with E-state index in [0.29, 0.717) is 27.1 Å². The maximum Gasteiger partial charge on any atom is 0.430 e. The maximum atomic E-state index is 12.9. The summed E-state index contributed by atoms with van der Waals surface area (Å²) in [5.41, 5.74) is 0.00917. The first-order valence-corrected chi connectivity index (χ1v) is 9.91. The molecule has 2 aliphatic rings. The van der Waals surface area contributed by atoms with Gasteiger partial charge in [0.15, 0.2) is 11.4 Å². The van der Waals surface area contributed by atoms with Gasteiger partial charge in [-0.25, -0.2) is 4.79 Å². The van der Waals surface area contributed by atoms with E-state index in [2.05, 4.69) is 0 Å². The fraction of sp³-hybridized carbons (Fsp3) is 0.333. The molecule has 3 rings (SSSR count). The number of thioether (sulfide) groups is 3. The summed E-state index contributed by atoms with van der Waals surface area (Å²) < 4.78 is 41.3. The molecule has 3 nitrogen and oxygen atoms in total. The Morgan fingerprint density at radius 2 is 2.00 bits per heavy atom. The molecule has 9 heteroatoms. The number of fused-ring (bicyclic) bond motifs is 1. The molecule has 0 radical (unpaired) electrons. The van der Waals surface area contributed by atoms with Gasteiger partial charge in [0.2, 0.25) is 0 Å². The summed E-state index contributed by atoms with van der Waals surface area (Å²) in [4.78, 5) is 15.5. The summed E-state index contributed by atoms with van der Waals surface area (Å²) in [6.45, 7) is 2.47. The van der Waals surface area contributed by atoms with Crippen LogP contribution in [0, 0.1) is 0 Å². The quantitative estimate of drug-likeness (QED) is 0.520. The van der Waals surface area contributed by atoms with Gasteiger partial charge in [-0.3, -0.25) is 0 Å². The predicted octanol–water partition coefficient (Wildman–Crippen LogP) is 4.44. The van der Waals surface area contributed by atoms with Crippen molar-refractivity contribution in [2.24, 2.45) is 0 Å². The minimum absolute atomic E-state index is 0.0925. The van der Waals surface area contributed by atoms with Gasteiger partial charge in [-0.15, -0.1) is 4.58 Å². The van der Waals surface area contributed by atoms with Crippen LogP contribution in [0.3, 0.4) is 0 Å². The van der Waals surface area contributed by atoms with Crippen molar-refractivity contribution in [3.05, 3.63) is 33.7 Å². The van der Waals surface area contributed by atoms with Gasteiger partial charge in [0.1, 0.15) is 5.03 Å². The number of benzene rings is 1. The molecule has 24 heavy (non-hydrogen) atoms. The van der Waals surface area contributed by atoms with Crippen LogP contribution >= 0.6 is 35.3 Å². The number of halogens is 3. The van der Waals surface area contributed by atoms with E-state index in [4.69, 9.17) is 0 Å². The minimum atomic E-state index is -4.37. The summed E-state index contributed by atoms with van der Waals surface area (Å²) in [5.74, 6) is -0.0925. The van der Waals surface area contributed by atoms with E-state index in [9.17, 15) is 18.0 Å². The Balaban J connectivity index is 2.00. The normalized spacial score (nSPS) is 21.1. The van der Waals surface area contributed by atoms with Crippen molar-refractivity contribution >= 4 is 51.3 Å². The Morgan fingerprint density at radius 1 is 1.29 bits per heavy atom. The lowest BCUT2D eigenvalue weighted by molar-refractivity contribution is -0.433. The van der Waals surface area contributed by atoms with Crippen molar-refractivity contribution in [2.45, 2.75) is 18.0 Å². The highest BCUT2D eigenvalue weighted by atomic mass is 32.2. The van der Waals surface area contributed by atoms with E-state index >= 15 is 0 Å². The van der Waals surface area contributed by atoms with Crippen LogP contribution in [0.1, 0.15) is 12.5 Å². The number of alkyl halides is 3. The van der Waals surface area contributed by atoms with Crippen molar-refractivity contribution in [3.63, 3.8) is 0 Å². The number of carbonyl (C=O) groups is 1. The fourth-order valence-corrected chi connectivity index (χ4v) is 5.78. The Morgan fingerprint density at radius 3 is 2.54 bits per heavy atom. The van der Waals surface area contributed by atoms with E-state index in [1.54, 1.807) is 16.5 Å². The number of amides is 1. The molecule has 0 unspecified atom stereocenters. The summed E-state index contributed by atoms with van der Waals surface area (Å²) in [6, 6.07) is 3.68. The molecule has 1 aromatic rings. The number of hydrogen-bond acceptors (Lipinski definition) is 5. The first-order chi connectivity index (χ1) is 11.3. The van der Waals surface area contributed by atoms with Crippen LogP contribution < -0.4 is 4.90 Å². The van der Waals surface area contributed by atoms with Crippen LogP contribution in [0.15, 0.2) is 33.0 Å². The highest BCUT2D eigenvalue weighted by molar-refractivity contribution is 8.40. The molecule has 2 heterocycles. The standard InChI is InChI=1S/C15H14F3N2OS3/c1-4-20-12(21)11(24-14(20)22-3)13-19(2)9-6-5-8(15(16,17)18)7-10(9)23-13/h5-7H,4H2,1-3H3/q+1/b13-11+. The zero-order valence-electron chi connectivity index (χ0n) is 13.1. The van der Waals surface area contributed by atoms with Gasteiger partial charge in [0, 0.05) is 23.7 Å². The fourth-order valence-electron chi connectivity index (χ4n) is 2.48. The van der Waals surface area contributed by atoms with E-state index in [1.165, 1.54) is 41.4 Å². The summed E-state index contributed by atoms with van der Waals surface area (Å²) in [5, 5.41) is 0.682. The van der Waals surface area contributed by atoms with Crippen molar-refractivity contribution in [2.75, 3.05) is 24.7 Å². The van der Waals surface area contributed by atoms with Gasteiger partial charge in [0.05, 0.1) is 11.3 Å². The highest BCUT2D eigenvalue weighted by Crippen LogP contribution is 2.51. The predicted molar refractivity (Wildman–Crippen MR) is 94.7 cm³/mol. The topological polar surface area (TPSA) is 23.3 Å². The van der Waals surface area contributed by atoms with E-state index in [1.807, 2.05) is 13.2 Å². The highest BCUT2D eigenvalue weighted by Gasteiger charge is 2.42. The Kier molecular flexibility index (Phi) is 4.69. The molecule has 0 bridgehead atoms. The second-order valence-corrected chi connectivity index (χ2v) is 8.18. The average molecular weight is 391 g/mol. The van der Waals surface area contributed by atoms with Crippen LogP contribution in [-0.2, 0) is 11.0 Å². The zero-order valence-corrected chi connectivity index (χ0v) is 15.5. The van der Waals surface area contributed by atoms with Crippen molar-refractivity contribution in [1.82, 2.24) is 0 Å². The molecule has 1 aromatic carbocycles. The molecular weight excluding hydrogens is 377 g/mol. The smallest absolute Gasteiger partial charge is 0.337 e. The lowest BCUT2D eigenvalue weighted by Gasteiger charge is -2.14. The molecule has 0 saturated carbocycles. The molecule has 0 fully saturated rings. The summed E-state index contributed by atoms with van der Waals surface area (Å²) in [6.07, 6.45) is -2.47. The third-order valence-corrected chi connectivity index (χ3v) is 7.33. The van der Waals surface area contributed by atoms with Crippen molar-refractivity contribution in [3.8, 4) is 0 Å². The van der Waals surface area contributed by atoms with E-state index in [-0.39, 0.29) is 5.91 Å². The van der Waals surface area contributed by atoms with Crippen molar-refractivity contribution < 1.29 is 22.5 Å². The third-order valence-electron chi connectivity index (χ3n) is 3.69. The molecular formula is C15H14F3N2OS3+. The summed E-state index contributed by atoms with van der Waals surface area (Å²) >= 11 is 4.10. The second-order valence-electron chi connectivity index (χ2n) is 5.10. The molecule has 0 N–H and O–H groups in total. The van der Waals surface area contributed by atoms with Gasteiger partial charge in [0.25, 0.3) is 4.38 Å². The van der Waals surface area contributed by atoms with Gasteiger partial charge in [-0.1, -0.05) is 23.5 Å². The monoisotopic (exact) mass is 391 g/mol. The molecule has 0 aliphatic carbocycles. The zero-order chi connectivity index (χ0) is 17.6. The number of hydrogen-bond donors (Lipinski definition) is 0. The maximum absolute atomic E-state index is 12.9. The molecule has 0 aromatic heterocycles. The van der Waals surface area contributed by atoms with Crippen LogP contribution in [0.5, 0.6) is 0 Å². The number of likely N-dealkylation sites (N-methyl/N-ethyl adjacent to an activating group) is 1. The Bertz CT molecular complexity index is 787. The lowest BCUT2D eigenvalue weighted by Crippen LogP contribution is -2.21. The largest absolute Gasteiger partial charge is 0.430 e. The second kappa shape index (κ2) is 6.34. The first-order valence-electron chi connectivity index (χ1n) is 7.05. The number of nitrogens with zero attached hydrogens (tertiary/aromatic N) is 2. The lowest BCUT2D eigenvalue weighted by atomic mass is 10.2. The van der Waals surface area contributed by atoms with Gasteiger partial charge in [-0.2, -0.15) is 13.2 Å². The minimum Gasteiger partial charge on any atom is -0.337 e. The Labute approximate surface area is 150 Å². The molecule has 128 valence electrons. The average Bonchev–Trinajstić information content (AvgIpc) is 3.03. The van der Waals surface area contributed by atoms with Gasteiger partial charge in [-0.05, 0) is 31.4 Å². The number of rotatable bonds is 1. The molecule has 1 amide bonds. The third kappa shape index (κ3) is 2.86. The Hall–Kier alpha value is -1.06. The summed E-state index contributed by atoms with van der Waals surface area (Å²) in [7, 11) is 1.77. The van der Waals surface area contributed by atoms with Crippen LogP contribution in [0.2, 0.25) is 0 Å². The molecule has 0 spiro atoms.